The summed E-state index contributed by atoms with van der Waals surface area (Å²) in [7, 11) is 0. The lowest BCUT2D eigenvalue weighted by Gasteiger charge is -1.99. The largest absolute Gasteiger partial charge is 0.366 e. The van der Waals surface area contributed by atoms with Crippen molar-refractivity contribution in [1.82, 2.24) is 20.2 Å². The lowest BCUT2D eigenvalue weighted by atomic mass is 10.1. The van der Waals surface area contributed by atoms with Crippen molar-refractivity contribution >= 4 is 27.7 Å². The number of carbonyl (C=O) groups excluding carboxylic acids is 1. The van der Waals surface area contributed by atoms with E-state index in [4.69, 9.17) is 5.73 Å². The third kappa shape index (κ3) is 1.77. The van der Waals surface area contributed by atoms with Crippen LogP contribution in [0.4, 0.5) is 0 Å². The van der Waals surface area contributed by atoms with Gasteiger partial charge in [-0.05, 0) is 30.3 Å². The normalized spacial score (nSPS) is 11.2. The van der Waals surface area contributed by atoms with Gasteiger partial charge in [0.05, 0.1) is 11.2 Å². The number of hydrogen-bond donors (Lipinski definition) is 3. The maximum absolute atomic E-state index is 11.2. The summed E-state index contributed by atoms with van der Waals surface area (Å²) in [5.74, 6) is -0.459. The number of aromatic nitrogens is 4. The molecule has 1 amide bonds. The Hall–Kier alpha value is -3.15. The van der Waals surface area contributed by atoms with Crippen LogP contribution in [0.2, 0.25) is 0 Å². The number of primary amides is 1. The monoisotopic (exact) mass is 277 g/mol. The zero-order chi connectivity index (χ0) is 14.4. The molecule has 0 spiro atoms. The Morgan fingerprint density at radius 2 is 2.05 bits per heavy atom. The van der Waals surface area contributed by atoms with Crippen LogP contribution >= 0.6 is 0 Å². The molecule has 0 unspecified atom stereocenters. The van der Waals surface area contributed by atoms with Gasteiger partial charge in [0.25, 0.3) is 0 Å². The Kier molecular flexibility index (Phi) is 2.32. The number of nitrogens with two attached hydrogens (primary N) is 1. The quantitative estimate of drug-likeness (QED) is 0.523. The molecular weight excluding hydrogens is 266 g/mol. The number of nitrogens with zero attached hydrogens (tertiary/aromatic N) is 2. The molecule has 6 nitrogen and oxygen atoms in total. The van der Waals surface area contributed by atoms with Gasteiger partial charge in [-0.1, -0.05) is 0 Å². The van der Waals surface area contributed by atoms with Crippen molar-refractivity contribution in [3.63, 3.8) is 0 Å². The second-order valence-electron chi connectivity index (χ2n) is 4.83. The first-order valence-corrected chi connectivity index (χ1v) is 6.44. The molecule has 102 valence electrons. The van der Waals surface area contributed by atoms with Crippen molar-refractivity contribution in [3.8, 4) is 11.4 Å². The summed E-state index contributed by atoms with van der Waals surface area (Å²) in [6.07, 6.45) is 3.68. The molecule has 4 aromatic rings. The number of rotatable bonds is 2. The molecule has 3 heterocycles. The fraction of sp³-hybridized carbons (Fsp3) is 0. The topological polar surface area (TPSA) is 100 Å². The summed E-state index contributed by atoms with van der Waals surface area (Å²) in [4.78, 5) is 18.8. The van der Waals surface area contributed by atoms with Crippen LogP contribution in [-0.4, -0.2) is 26.1 Å². The van der Waals surface area contributed by atoms with Crippen molar-refractivity contribution in [2.75, 3.05) is 0 Å². The van der Waals surface area contributed by atoms with E-state index in [0.29, 0.717) is 5.56 Å². The molecule has 6 heteroatoms. The third-order valence-corrected chi connectivity index (χ3v) is 3.53. The maximum Gasteiger partial charge on any atom is 0.248 e. The lowest BCUT2D eigenvalue weighted by molar-refractivity contribution is 0.100. The van der Waals surface area contributed by atoms with Gasteiger partial charge in [0.15, 0.2) is 0 Å². The van der Waals surface area contributed by atoms with E-state index >= 15 is 0 Å². The molecule has 0 saturated carbocycles. The Morgan fingerprint density at radius 1 is 1.14 bits per heavy atom. The fourth-order valence-electron chi connectivity index (χ4n) is 2.44. The van der Waals surface area contributed by atoms with Gasteiger partial charge < -0.3 is 10.7 Å². The third-order valence-electron chi connectivity index (χ3n) is 3.53. The second-order valence-corrected chi connectivity index (χ2v) is 4.83. The Labute approximate surface area is 119 Å². The molecule has 0 bridgehead atoms. The number of hydrogen-bond acceptors (Lipinski definition) is 3. The van der Waals surface area contributed by atoms with Gasteiger partial charge in [-0.25, -0.2) is 0 Å². The minimum absolute atomic E-state index is 0.450. The Balaban J connectivity index is 1.91. The van der Waals surface area contributed by atoms with Crippen molar-refractivity contribution in [2.24, 2.45) is 5.73 Å². The second kappa shape index (κ2) is 4.17. The predicted molar refractivity (Wildman–Crippen MR) is 79.7 cm³/mol. The van der Waals surface area contributed by atoms with Gasteiger partial charge in [-0.15, -0.1) is 0 Å². The van der Waals surface area contributed by atoms with Crippen molar-refractivity contribution in [2.45, 2.75) is 0 Å². The minimum atomic E-state index is -0.459. The van der Waals surface area contributed by atoms with Gasteiger partial charge in [0, 0.05) is 34.2 Å². The van der Waals surface area contributed by atoms with Crippen molar-refractivity contribution in [3.05, 3.63) is 48.3 Å². The van der Waals surface area contributed by atoms with Crippen LogP contribution in [-0.2, 0) is 0 Å². The number of benzene rings is 1. The van der Waals surface area contributed by atoms with Gasteiger partial charge in [0.1, 0.15) is 5.69 Å². The lowest BCUT2D eigenvalue weighted by Crippen LogP contribution is -2.10. The van der Waals surface area contributed by atoms with Gasteiger partial charge in [-0.2, -0.15) is 5.10 Å². The van der Waals surface area contributed by atoms with Crippen LogP contribution < -0.4 is 5.73 Å². The zero-order valence-corrected chi connectivity index (χ0v) is 10.9. The van der Waals surface area contributed by atoms with E-state index in [1.807, 2.05) is 24.4 Å². The van der Waals surface area contributed by atoms with E-state index in [1.165, 1.54) is 0 Å². The predicted octanol–water partition coefficient (Wildman–Crippen LogP) is 2.21. The molecule has 0 saturated heterocycles. The molecule has 21 heavy (non-hydrogen) atoms. The van der Waals surface area contributed by atoms with Crippen LogP contribution in [0.3, 0.4) is 0 Å². The highest BCUT2D eigenvalue weighted by molar-refractivity contribution is 6.00. The Bertz CT molecular complexity index is 982. The molecule has 3 aromatic heterocycles. The van der Waals surface area contributed by atoms with E-state index < -0.39 is 5.91 Å². The molecule has 0 aliphatic heterocycles. The highest BCUT2D eigenvalue weighted by Gasteiger charge is 2.12. The number of fused-ring (bicyclic) bond motifs is 2. The fourth-order valence-corrected chi connectivity index (χ4v) is 2.44. The summed E-state index contributed by atoms with van der Waals surface area (Å²) in [5, 5.41) is 9.17. The van der Waals surface area contributed by atoms with Crippen LogP contribution in [0.5, 0.6) is 0 Å². The van der Waals surface area contributed by atoms with E-state index in [9.17, 15) is 4.79 Å². The first kappa shape index (κ1) is 11.7. The van der Waals surface area contributed by atoms with Crippen LogP contribution in [0, 0.1) is 0 Å². The van der Waals surface area contributed by atoms with Gasteiger partial charge >= 0.3 is 0 Å². The molecule has 0 radical (unpaired) electrons. The smallest absolute Gasteiger partial charge is 0.248 e. The molecule has 4 N–H and O–H groups in total. The minimum Gasteiger partial charge on any atom is -0.366 e. The molecule has 4 rings (SSSR count). The highest BCUT2D eigenvalue weighted by Crippen LogP contribution is 2.27. The van der Waals surface area contributed by atoms with Crippen LogP contribution in [0.1, 0.15) is 10.4 Å². The highest BCUT2D eigenvalue weighted by atomic mass is 16.1. The molecule has 0 aliphatic rings. The van der Waals surface area contributed by atoms with E-state index in [1.54, 1.807) is 18.3 Å². The van der Waals surface area contributed by atoms with E-state index in [-0.39, 0.29) is 0 Å². The summed E-state index contributed by atoms with van der Waals surface area (Å²) in [6.45, 7) is 0. The number of pyridine rings is 1. The Morgan fingerprint density at radius 3 is 2.90 bits per heavy atom. The molecule has 1 aromatic carbocycles. The molecular formula is C15H11N5O. The van der Waals surface area contributed by atoms with E-state index in [0.717, 1.165) is 33.2 Å². The number of aromatic amines is 2. The van der Waals surface area contributed by atoms with Crippen molar-refractivity contribution < 1.29 is 4.79 Å². The first-order valence-electron chi connectivity index (χ1n) is 6.44. The number of carbonyl (C=O) groups is 1. The SMILES string of the molecule is NC(=O)c1ccc2c(-c3cc4[nH]ccc4cn3)n[nH]c2c1. The molecule has 0 fully saturated rings. The average Bonchev–Trinajstić information content (AvgIpc) is 3.12. The zero-order valence-electron chi connectivity index (χ0n) is 10.9. The number of nitrogens with one attached hydrogen (secondary N) is 2. The summed E-state index contributed by atoms with van der Waals surface area (Å²) in [6, 6.07) is 9.13. The maximum atomic E-state index is 11.2. The van der Waals surface area contributed by atoms with Gasteiger partial charge in [0.2, 0.25) is 5.91 Å². The van der Waals surface area contributed by atoms with Crippen LogP contribution in [0.15, 0.2) is 42.7 Å². The van der Waals surface area contributed by atoms with Gasteiger partial charge in [-0.3, -0.25) is 14.9 Å². The van der Waals surface area contributed by atoms with Crippen LogP contribution in [0.25, 0.3) is 33.2 Å². The number of amides is 1. The van der Waals surface area contributed by atoms with Crippen molar-refractivity contribution in [1.29, 1.82) is 0 Å². The summed E-state index contributed by atoms with van der Waals surface area (Å²) >= 11 is 0. The molecule has 0 aliphatic carbocycles. The number of H-pyrrole nitrogens is 2. The average molecular weight is 277 g/mol. The summed E-state index contributed by atoms with van der Waals surface area (Å²) in [5.41, 5.74) is 9.01. The summed E-state index contributed by atoms with van der Waals surface area (Å²) < 4.78 is 0. The van der Waals surface area contributed by atoms with E-state index in [2.05, 4.69) is 20.2 Å². The molecule has 0 atom stereocenters. The standard InChI is InChI=1S/C15H11N5O/c16-15(21)8-1-2-10-12(5-8)19-20-14(10)13-6-11-9(7-18-13)3-4-17-11/h1-7,17H,(H2,16,21)(H,19,20). The first-order chi connectivity index (χ1) is 10.2.